The molecule has 3 heteroatoms. The number of fused-ring (bicyclic) bond motifs is 1. The average Bonchev–Trinajstić information content (AvgIpc) is 2.38. The van der Waals surface area contributed by atoms with Crippen LogP contribution in [0.3, 0.4) is 0 Å². The van der Waals surface area contributed by atoms with Gasteiger partial charge in [-0.3, -0.25) is 0 Å². The molecule has 3 nitrogen and oxygen atoms in total. The molecule has 0 radical (unpaired) electrons. The lowest BCUT2D eigenvalue weighted by molar-refractivity contribution is -0.0902. The van der Waals surface area contributed by atoms with Gasteiger partial charge in [0.2, 0.25) is 0 Å². The van der Waals surface area contributed by atoms with Crippen molar-refractivity contribution in [3.05, 3.63) is 29.8 Å². The van der Waals surface area contributed by atoms with Gasteiger partial charge in [0.15, 0.2) is 6.10 Å². The first kappa shape index (κ1) is 11.4. The van der Waals surface area contributed by atoms with E-state index in [2.05, 4.69) is 0 Å². The van der Waals surface area contributed by atoms with Crippen molar-refractivity contribution < 1.29 is 14.9 Å². The monoisotopic (exact) mass is 222 g/mol. The van der Waals surface area contributed by atoms with E-state index in [0.717, 1.165) is 17.7 Å². The third-order valence-corrected chi connectivity index (χ3v) is 2.98. The number of hydrogen-bond donors (Lipinski definition) is 2. The largest absolute Gasteiger partial charge is 0.484 e. The Bertz CT molecular complexity index is 368. The van der Waals surface area contributed by atoms with Crippen LogP contribution in [0.15, 0.2) is 24.3 Å². The van der Waals surface area contributed by atoms with Crippen LogP contribution in [0.4, 0.5) is 0 Å². The summed E-state index contributed by atoms with van der Waals surface area (Å²) in [4.78, 5) is 0. The summed E-state index contributed by atoms with van der Waals surface area (Å²) < 4.78 is 5.73. The topological polar surface area (TPSA) is 49.7 Å². The molecule has 0 unspecified atom stereocenters. The molecule has 1 aliphatic rings. The van der Waals surface area contributed by atoms with Gasteiger partial charge in [0, 0.05) is 0 Å². The molecule has 0 saturated heterocycles. The van der Waals surface area contributed by atoms with E-state index in [1.54, 1.807) is 13.8 Å². The van der Waals surface area contributed by atoms with Crippen molar-refractivity contribution in [2.75, 3.05) is 0 Å². The molecule has 16 heavy (non-hydrogen) atoms. The van der Waals surface area contributed by atoms with Gasteiger partial charge in [-0.25, -0.2) is 0 Å². The van der Waals surface area contributed by atoms with Crippen molar-refractivity contribution in [2.24, 2.45) is 0 Å². The van der Waals surface area contributed by atoms with Crippen molar-refractivity contribution in [1.82, 2.24) is 0 Å². The molecule has 1 aromatic rings. The van der Waals surface area contributed by atoms with Crippen molar-refractivity contribution in [3.8, 4) is 5.75 Å². The van der Waals surface area contributed by atoms with Gasteiger partial charge in [0.1, 0.15) is 5.75 Å². The number of ether oxygens (including phenoxy) is 1. The van der Waals surface area contributed by atoms with Gasteiger partial charge in [0.25, 0.3) is 0 Å². The number of aliphatic hydroxyl groups is 2. The van der Waals surface area contributed by atoms with E-state index in [1.165, 1.54) is 0 Å². The Hall–Kier alpha value is -1.06. The van der Waals surface area contributed by atoms with Gasteiger partial charge in [-0.2, -0.15) is 0 Å². The highest BCUT2D eigenvalue weighted by molar-refractivity contribution is 5.34. The second kappa shape index (κ2) is 4.07. The molecule has 0 spiro atoms. The molecule has 1 aliphatic heterocycles. The van der Waals surface area contributed by atoms with E-state index in [1.807, 2.05) is 24.3 Å². The van der Waals surface area contributed by atoms with E-state index < -0.39 is 17.8 Å². The van der Waals surface area contributed by atoms with Gasteiger partial charge in [-0.1, -0.05) is 18.2 Å². The Morgan fingerprint density at radius 3 is 2.69 bits per heavy atom. The highest BCUT2D eigenvalue weighted by Gasteiger charge is 2.37. The standard InChI is InChI=1S/C13H18O3/c1-13(2,15)12-10(14)8-7-9-5-3-4-6-11(9)16-12/h3-6,10,12,14-15H,7-8H2,1-2H3/t10-,12-/m1/s1. The average molecular weight is 222 g/mol. The molecule has 0 bridgehead atoms. The van der Waals surface area contributed by atoms with E-state index in [0.29, 0.717) is 6.42 Å². The number of hydrogen-bond acceptors (Lipinski definition) is 3. The van der Waals surface area contributed by atoms with Crippen LogP contribution in [0.2, 0.25) is 0 Å². The lowest BCUT2D eigenvalue weighted by Gasteiger charge is -2.32. The van der Waals surface area contributed by atoms with Gasteiger partial charge in [-0.15, -0.1) is 0 Å². The highest BCUT2D eigenvalue weighted by Crippen LogP contribution is 2.30. The van der Waals surface area contributed by atoms with E-state index in [-0.39, 0.29) is 0 Å². The summed E-state index contributed by atoms with van der Waals surface area (Å²) in [5.41, 5.74) is 0.0462. The first-order chi connectivity index (χ1) is 7.48. The minimum Gasteiger partial charge on any atom is -0.484 e. The summed E-state index contributed by atoms with van der Waals surface area (Å²) in [6, 6.07) is 7.73. The van der Waals surface area contributed by atoms with Crippen LogP contribution in [0, 0.1) is 0 Å². The first-order valence-corrected chi connectivity index (χ1v) is 5.63. The van der Waals surface area contributed by atoms with Crippen LogP contribution in [-0.2, 0) is 6.42 Å². The third-order valence-electron chi connectivity index (χ3n) is 2.98. The summed E-state index contributed by atoms with van der Waals surface area (Å²) in [7, 11) is 0. The molecular weight excluding hydrogens is 204 g/mol. The fourth-order valence-electron chi connectivity index (χ4n) is 2.11. The molecule has 88 valence electrons. The Morgan fingerprint density at radius 1 is 1.31 bits per heavy atom. The quantitative estimate of drug-likeness (QED) is 0.757. The van der Waals surface area contributed by atoms with Crippen molar-refractivity contribution >= 4 is 0 Å². The van der Waals surface area contributed by atoms with Gasteiger partial charge >= 0.3 is 0 Å². The molecule has 0 fully saturated rings. The van der Waals surface area contributed by atoms with E-state index >= 15 is 0 Å². The number of aliphatic hydroxyl groups excluding tert-OH is 1. The second-order valence-electron chi connectivity index (χ2n) is 4.91. The zero-order chi connectivity index (χ0) is 11.8. The third kappa shape index (κ3) is 2.20. The number of rotatable bonds is 1. The zero-order valence-electron chi connectivity index (χ0n) is 9.68. The zero-order valence-corrected chi connectivity index (χ0v) is 9.68. The number of para-hydroxylation sites is 1. The Kier molecular flexibility index (Phi) is 2.91. The maximum atomic E-state index is 9.98. The normalized spacial score (nSPS) is 25.5. The lowest BCUT2D eigenvalue weighted by Crippen LogP contribution is -2.48. The summed E-state index contributed by atoms with van der Waals surface area (Å²) in [6.45, 7) is 3.32. The Morgan fingerprint density at radius 2 is 2.00 bits per heavy atom. The van der Waals surface area contributed by atoms with Crippen LogP contribution in [-0.4, -0.2) is 28.0 Å². The van der Waals surface area contributed by atoms with Gasteiger partial charge in [-0.05, 0) is 38.3 Å². The highest BCUT2D eigenvalue weighted by atomic mass is 16.5. The molecule has 1 heterocycles. The van der Waals surface area contributed by atoms with Crippen molar-refractivity contribution in [1.29, 1.82) is 0 Å². The predicted molar refractivity (Wildman–Crippen MR) is 61.5 cm³/mol. The van der Waals surface area contributed by atoms with Crippen LogP contribution < -0.4 is 4.74 Å². The number of benzene rings is 1. The summed E-state index contributed by atoms with van der Waals surface area (Å²) in [5.74, 6) is 0.770. The summed E-state index contributed by atoms with van der Waals surface area (Å²) in [5, 5.41) is 20.0. The fourth-order valence-corrected chi connectivity index (χ4v) is 2.11. The molecule has 2 N–H and O–H groups in total. The summed E-state index contributed by atoms with van der Waals surface area (Å²) >= 11 is 0. The fraction of sp³-hybridized carbons (Fsp3) is 0.538. The van der Waals surface area contributed by atoms with E-state index in [9.17, 15) is 10.2 Å². The van der Waals surface area contributed by atoms with Crippen LogP contribution in [0.25, 0.3) is 0 Å². The molecule has 2 rings (SSSR count). The Balaban J connectivity index is 2.31. The van der Waals surface area contributed by atoms with Gasteiger partial charge < -0.3 is 14.9 Å². The Labute approximate surface area is 95.7 Å². The van der Waals surface area contributed by atoms with Crippen LogP contribution in [0.5, 0.6) is 5.75 Å². The van der Waals surface area contributed by atoms with Crippen molar-refractivity contribution in [3.63, 3.8) is 0 Å². The number of aryl methyl sites for hydroxylation is 1. The minimum absolute atomic E-state index is 0.573. The second-order valence-corrected chi connectivity index (χ2v) is 4.91. The smallest absolute Gasteiger partial charge is 0.152 e. The molecule has 2 atom stereocenters. The SMILES string of the molecule is CC(C)(O)[C@@H]1Oc2ccccc2CC[C@H]1O. The molecule has 0 saturated carbocycles. The minimum atomic E-state index is -1.04. The maximum Gasteiger partial charge on any atom is 0.152 e. The lowest BCUT2D eigenvalue weighted by atomic mass is 9.94. The maximum absolute atomic E-state index is 9.98. The molecule has 1 aromatic carbocycles. The van der Waals surface area contributed by atoms with Crippen LogP contribution in [0.1, 0.15) is 25.8 Å². The first-order valence-electron chi connectivity index (χ1n) is 5.63. The molecule has 0 amide bonds. The predicted octanol–water partition coefficient (Wildman–Crippen LogP) is 1.51. The summed E-state index contributed by atoms with van der Waals surface area (Å²) in [6.07, 6.45) is 0.193. The molecular formula is C13H18O3. The van der Waals surface area contributed by atoms with Crippen molar-refractivity contribution in [2.45, 2.75) is 44.5 Å². The van der Waals surface area contributed by atoms with Crippen LogP contribution >= 0.6 is 0 Å². The van der Waals surface area contributed by atoms with E-state index in [4.69, 9.17) is 4.74 Å². The van der Waals surface area contributed by atoms with Gasteiger partial charge in [0.05, 0.1) is 11.7 Å². The molecule has 0 aliphatic carbocycles. The molecule has 0 aromatic heterocycles.